The Labute approximate surface area is 185 Å². The van der Waals surface area contributed by atoms with Crippen molar-refractivity contribution in [1.82, 2.24) is 9.97 Å². The first-order valence-corrected chi connectivity index (χ1v) is 11.7. The van der Waals surface area contributed by atoms with E-state index in [1.807, 2.05) is 0 Å². The molecule has 0 saturated heterocycles. The number of aromatic nitrogens is 2. The van der Waals surface area contributed by atoms with Crippen LogP contribution in [0.4, 0.5) is 10.1 Å². The van der Waals surface area contributed by atoms with Crippen LogP contribution in [-0.4, -0.2) is 49.6 Å². The van der Waals surface area contributed by atoms with Gasteiger partial charge in [0, 0.05) is 17.8 Å². The van der Waals surface area contributed by atoms with Gasteiger partial charge in [0.25, 0.3) is 5.91 Å². The molecule has 0 fully saturated rings. The van der Waals surface area contributed by atoms with Crippen molar-refractivity contribution in [1.29, 1.82) is 0 Å². The minimum atomic E-state index is -2.80. The Kier molecular flexibility index (Phi) is 5.19. The minimum Gasteiger partial charge on any atom is -0.480 e. The van der Waals surface area contributed by atoms with Gasteiger partial charge in [-0.05, 0) is 45.4 Å². The third-order valence-corrected chi connectivity index (χ3v) is 9.93. The number of carbonyl (C=O) groups is 1. The molecule has 0 bridgehead atoms. The van der Waals surface area contributed by atoms with Crippen molar-refractivity contribution in [3.8, 4) is 5.88 Å². The van der Waals surface area contributed by atoms with Crippen LogP contribution >= 0.6 is 0 Å². The molecule has 0 unspecified atom stereocenters. The number of anilines is 1. The lowest BCUT2D eigenvalue weighted by Crippen LogP contribution is -2.58. The van der Waals surface area contributed by atoms with E-state index >= 15 is 4.39 Å². The number of aliphatic imine (C=N–C) groups is 1. The molecular formula is C21H25FN6O3S. The van der Waals surface area contributed by atoms with Crippen molar-refractivity contribution in [3.63, 3.8) is 0 Å². The Bertz CT molecular complexity index is 1240. The van der Waals surface area contributed by atoms with Crippen LogP contribution in [0, 0.1) is 5.82 Å². The molecule has 4 rings (SSSR count). The van der Waals surface area contributed by atoms with E-state index < -0.39 is 37.0 Å². The maximum Gasteiger partial charge on any atom is 0.275 e. The average Bonchev–Trinajstić information content (AvgIpc) is 3.18. The van der Waals surface area contributed by atoms with Crippen LogP contribution in [0.2, 0.25) is 0 Å². The number of fused-ring (bicyclic) bond motifs is 1. The van der Waals surface area contributed by atoms with E-state index in [-0.39, 0.29) is 23.0 Å². The van der Waals surface area contributed by atoms with Gasteiger partial charge in [0.2, 0.25) is 5.88 Å². The van der Waals surface area contributed by atoms with Crippen LogP contribution in [0.1, 0.15) is 43.2 Å². The molecule has 0 spiro atoms. The number of amides is 1. The summed E-state index contributed by atoms with van der Waals surface area (Å²) in [6.07, 6.45) is 3.11. The number of nitrogens with one attached hydrogen (secondary N) is 1. The molecular weight excluding hydrogens is 435 g/mol. The lowest BCUT2D eigenvalue weighted by atomic mass is 9.85. The Balaban J connectivity index is 1.73. The van der Waals surface area contributed by atoms with Gasteiger partial charge in [0.1, 0.15) is 27.6 Å². The van der Waals surface area contributed by atoms with Gasteiger partial charge in [-0.25, -0.2) is 22.9 Å². The predicted octanol–water partition coefficient (Wildman–Crippen LogP) is 2.48. The van der Waals surface area contributed by atoms with Crippen LogP contribution < -0.4 is 15.8 Å². The molecule has 170 valence electrons. The van der Waals surface area contributed by atoms with E-state index in [0.29, 0.717) is 18.7 Å². The average molecular weight is 461 g/mol. The predicted molar refractivity (Wildman–Crippen MR) is 120 cm³/mol. The summed E-state index contributed by atoms with van der Waals surface area (Å²) < 4.78 is 37.4. The standard InChI is InChI=1S/C21H25FN6O3S/c1-20(2)19(23)28-21(3,16-7-8-26-32(16,20)30)13-9-12(5-6-14(13)22)27-18(29)15-10-25-17(31-4)11-24-15/h5-6,9-11,16H,7-8H2,1-4H3,(H2,23,28)(H,27,29)/t16-,21+,32+/m0/s1. The second-order valence-electron chi connectivity index (χ2n) is 8.45. The molecule has 3 atom stereocenters. The topological polar surface area (TPSA) is 132 Å². The molecule has 3 heterocycles. The molecule has 11 heteroatoms. The summed E-state index contributed by atoms with van der Waals surface area (Å²) in [7, 11) is -1.35. The molecule has 9 nitrogen and oxygen atoms in total. The molecule has 2 aliphatic rings. The summed E-state index contributed by atoms with van der Waals surface area (Å²) in [5.41, 5.74) is 5.64. The quantitative estimate of drug-likeness (QED) is 0.720. The highest BCUT2D eigenvalue weighted by Crippen LogP contribution is 2.48. The number of amidine groups is 1. The van der Waals surface area contributed by atoms with E-state index in [1.165, 1.54) is 37.7 Å². The second-order valence-corrected chi connectivity index (χ2v) is 11.4. The molecule has 1 aromatic heterocycles. The molecule has 2 aliphatic heterocycles. The lowest BCUT2D eigenvalue weighted by Gasteiger charge is -2.44. The monoisotopic (exact) mass is 460 g/mol. The fourth-order valence-corrected chi connectivity index (χ4v) is 7.39. The number of nitrogens with zero attached hydrogens (tertiary/aromatic N) is 4. The number of ether oxygens (including phenoxy) is 1. The summed E-state index contributed by atoms with van der Waals surface area (Å²) in [5.74, 6) is -0.594. The fraction of sp³-hybridized carbons (Fsp3) is 0.429. The number of halogens is 1. The Morgan fingerprint density at radius 3 is 2.69 bits per heavy atom. The molecule has 0 radical (unpaired) electrons. The number of methoxy groups -OCH3 is 1. The van der Waals surface area contributed by atoms with Crippen LogP contribution in [0.15, 0.2) is 39.9 Å². The van der Waals surface area contributed by atoms with E-state index in [2.05, 4.69) is 24.6 Å². The van der Waals surface area contributed by atoms with E-state index in [1.54, 1.807) is 20.8 Å². The molecule has 1 aromatic carbocycles. The van der Waals surface area contributed by atoms with Gasteiger partial charge in [-0.3, -0.25) is 9.79 Å². The van der Waals surface area contributed by atoms with Crippen LogP contribution in [0.5, 0.6) is 5.88 Å². The highest BCUT2D eigenvalue weighted by molar-refractivity contribution is 7.96. The van der Waals surface area contributed by atoms with Crippen molar-refractivity contribution in [2.24, 2.45) is 15.1 Å². The number of hydrogen-bond acceptors (Lipinski definition) is 8. The van der Waals surface area contributed by atoms with Crippen LogP contribution in [-0.2, 0) is 15.3 Å². The summed E-state index contributed by atoms with van der Waals surface area (Å²) in [5, 5.41) is 2.18. The van der Waals surface area contributed by atoms with Crippen molar-refractivity contribution in [2.75, 3.05) is 19.0 Å². The van der Waals surface area contributed by atoms with Crippen molar-refractivity contribution in [2.45, 2.75) is 42.7 Å². The normalized spacial score (nSPS) is 28.3. The van der Waals surface area contributed by atoms with Gasteiger partial charge in [-0.15, -0.1) is 0 Å². The second kappa shape index (κ2) is 7.51. The van der Waals surface area contributed by atoms with Crippen LogP contribution in [0.25, 0.3) is 0 Å². The SMILES string of the molecule is COc1cnc(C(=O)Nc2ccc(F)c([C@@]3(C)N=C(N)C(C)(C)[S@@]4(=O)=NCC[C@@H]34)c2)cn1. The number of rotatable bonds is 4. The zero-order valence-electron chi connectivity index (χ0n) is 18.3. The van der Waals surface area contributed by atoms with Gasteiger partial charge in [-0.1, -0.05) is 0 Å². The third kappa shape index (κ3) is 3.22. The Hall–Kier alpha value is -3.08. The molecule has 0 aliphatic carbocycles. The zero-order chi connectivity index (χ0) is 23.3. The summed E-state index contributed by atoms with van der Waals surface area (Å²) >= 11 is 0. The summed E-state index contributed by atoms with van der Waals surface area (Å²) in [6.45, 7) is 5.65. The van der Waals surface area contributed by atoms with Gasteiger partial charge in [0.15, 0.2) is 0 Å². The number of nitrogens with two attached hydrogens (primary N) is 1. The first-order valence-electron chi connectivity index (χ1n) is 10.1. The van der Waals surface area contributed by atoms with E-state index in [9.17, 15) is 9.00 Å². The van der Waals surface area contributed by atoms with Gasteiger partial charge < -0.3 is 15.8 Å². The van der Waals surface area contributed by atoms with Crippen molar-refractivity contribution in [3.05, 3.63) is 47.7 Å². The highest BCUT2D eigenvalue weighted by Gasteiger charge is 2.56. The molecule has 32 heavy (non-hydrogen) atoms. The zero-order valence-corrected chi connectivity index (χ0v) is 19.1. The first-order chi connectivity index (χ1) is 15.0. The molecule has 0 saturated carbocycles. The largest absolute Gasteiger partial charge is 0.480 e. The molecule has 3 N–H and O–H groups in total. The lowest BCUT2D eigenvalue weighted by molar-refractivity contribution is 0.102. The molecule has 2 aromatic rings. The van der Waals surface area contributed by atoms with Crippen molar-refractivity contribution >= 4 is 27.2 Å². The number of carbonyl (C=O) groups excluding carboxylic acids is 1. The molecule has 1 amide bonds. The highest BCUT2D eigenvalue weighted by atomic mass is 32.2. The van der Waals surface area contributed by atoms with Gasteiger partial charge in [0.05, 0.1) is 34.5 Å². The minimum absolute atomic E-state index is 0.0715. The maximum atomic E-state index is 15.1. The fourth-order valence-electron chi connectivity index (χ4n) is 4.23. The van der Waals surface area contributed by atoms with E-state index in [0.717, 1.165) is 0 Å². The van der Waals surface area contributed by atoms with Crippen LogP contribution in [0.3, 0.4) is 0 Å². The number of benzene rings is 1. The van der Waals surface area contributed by atoms with Crippen molar-refractivity contribution < 1.29 is 18.1 Å². The van der Waals surface area contributed by atoms with Gasteiger partial charge >= 0.3 is 0 Å². The first kappa shape index (κ1) is 22.1. The maximum absolute atomic E-state index is 15.1. The van der Waals surface area contributed by atoms with Gasteiger partial charge in [-0.2, -0.15) is 0 Å². The smallest absolute Gasteiger partial charge is 0.275 e. The Morgan fingerprint density at radius 1 is 1.28 bits per heavy atom. The third-order valence-electron chi connectivity index (χ3n) is 6.23. The Morgan fingerprint density at radius 2 is 2.03 bits per heavy atom. The van der Waals surface area contributed by atoms with E-state index in [4.69, 9.17) is 10.5 Å². The number of hydrogen-bond donors (Lipinski definition) is 2. The summed E-state index contributed by atoms with van der Waals surface area (Å²) in [6, 6.07) is 4.18. The summed E-state index contributed by atoms with van der Waals surface area (Å²) in [4.78, 5) is 25.2.